The van der Waals surface area contributed by atoms with Gasteiger partial charge >= 0.3 is 0 Å². The Morgan fingerprint density at radius 1 is 0.560 bits per heavy atom. The first kappa shape index (κ1) is 27.8. The minimum atomic E-state index is -0.0214. The summed E-state index contributed by atoms with van der Waals surface area (Å²) in [4.78, 5) is 9.45. The number of para-hydroxylation sites is 8. The zero-order chi connectivity index (χ0) is 33.1. The summed E-state index contributed by atoms with van der Waals surface area (Å²) in [7, 11) is 4.30. The van der Waals surface area contributed by atoms with Gasteiger partial charge in [0.15, 0.2) is 11.3 Å². The van der Waals surface area contributed by atoms with Crippen LogP contribution in [-0.4, -0.2) is 26.2 Å². The number of furan rings is 1. The van der Waals surface area contributed by atoms with Crippen molar-refractivity contribution in [1.82, 2.24) is 0 Å². The molecule has 0 radical (unpaired) electrons. The number of hydrogen-bond donors (Lipinski definition) is 0. The Bertz CT molecular complexity index is 2460. The van der Waals surface area contributed by atoms with Crippen LogP contribution in [0.15, 0.2) is 144 Å². The topological polar surface area (TPSA) is 35.3 Å². The van der Waals surface area contributed by atoms with Crippen molar-refractivity contribution in [1.29, 1.82) is 0 Å². The van der Waals surface area contributed by atoms with Crippen molar-refractivity contribution in [2.45, 2.75) is 24.5 Å². The summed E-state index contributed by atoms with van der Waals surface area (Å²) in [6.45, 7) is 0. The van der Waals surface area contributed by atoms with E-state index < -0.39 is 0 Å². The van der Waals surface area contributed by atoms with Crippen molar-refractivity contribution < 1.29 is 9.15 Å². The van der Waals surface area contributed by atoms with Crippen molar-refractivity contribution in [2.24, 2.45) is 0 Å². The summed E-state index contributed by atoms with van der Waals surface area (Å²) in [5, 5.41) is 2.17. The molecule has 7 aromatic rings. The second-order valence-corrected chi connectivity index (χ2v) is 13.8. The molecule has 0 saturated carbocycles. The van der Waals surface area contributed by atoms with Gasteiger partial charge in [0.2, 0.25) is 0 Å². The first-order chi connectivity index (χ1) is 24.6. The van der Waals surface area contributed by atoms with E-state index in [1.54, 1.807) is 0 Å². The minimum Gasteiger partial charge on any atom is -0.481 e. The van der Waals surface area contributed by atoms with Crippen molar-refractivity contribution >= 4 is 73.1 Å². The molecule has 4 heterocycles. The first-order valence-electron chi connectivity index (χ1n) is 17.4. The van der Waals surface area contributed by atoms with E-state index in [-0.39, 0.29) is 18.1 Å². The molecule has 1 aliphatic carbocycles. The molecule has 6 nitrogen and oxygen atoms in total. The molecule has 0 N–H and O–H groups in total. The van der Waals surface area contributed by atoms with Crippen LogP contribution in [0.5, 0.6) is 5.75 Å². The largest absolute Gasteiger partial charge is 0.481 e. The van der Waals surface area contributed by atoms with Gasteiger partial charge in [0.25, 0.3) is 0 Å². The van der Waals surface area contributed by atoms with Crippen LogP contribution < -0.4 is 24.3 Å². The van der Waals surface area contributed by atoms with Crippen molar-refractivity contribution in [3.8, 4) is 5.75 Å². The highest BCUT2D eigenvalue weighted by atomic mass is 16.5. The predicted molar refractivity (Wildman–Crippen MR) is 204 cm³/mol. The first-order valence-corrected chi connectivity index (χ1v) is 17.4. The standard InChI is InChI=1S/C44H34N4O2/c1-45-33-11-3-7-15-37(33)47(38-16-8-4-12-34(38)45)27-19-23-41-31(25-27)29-21-22-30-32-26-28(20-24-42(32)50-44(30)43(29)49-41)48-39-17-9-5-13-35(39)46(2)36-14-6-10-18-40(36)48/h3-25,28,32,42H,26H2,1-2H3. The third-order valence-corrected chi connectivity index (χ3v) is 11.2. The Balaban J connectivity index is 0.987. The fraction of sp³-hybridized carbons (Fsp3) is 0.136. The number of ether oxygens (including phenoxy) is 1. The lowest BCUT2D eigenvalue weighted by atomic mass is 9.83. The van der Waals surface area contributed by atoms with Crippen LogP contribution in [0.4, 0.5) is 51.2 Å². The monoisotopic (exact) mass is 650 g/mol. The molecule has 11 rings (SSSR count). The summed E-state index contributed by atoms with van der Waals surface area (Å²) in [5.74, 6) is 1.11. The molecular weight excluding hydrogens is 617 g/mol. The maximum Gasteiger partial charge on any atom is 0.177 e. The van der Waals surface area contributed by atoms with E-state index in [0.29, 0.717) is 0 Å². The van der Waals surface area contributed by atoms with E-state index >= 15 is 0 Å². The van der Waals surface area contributed by atoms with Crippen LogP contribution in [0.3, 0.4) is 0 Å². The summed E-state index contributed by atoms with van der Waals surface area (Å²) in [6.07, 6.45) is 5.54. The normalized spacial score (nSPS) is 19.8. The predicted octanol–water partition coefficient (Wildman–Crippen LogP) is 11.2. The van der Waals surface area contributed by atoms with Gasteiger partial charge in [0.05, 0.1) is 51.5 Å². The smallest absolute Gasteiger partial charge is 0.177 e. The number of nitrogens with zero attached hydrogens (tertiary/aromatic N) is 4. The Morgan fingerprint density at radius 3 is 1.74 bits per heavy atom. The summed E-state index contributed by atoms with van der Waals surface area (Å²) in [6, 6.07) is 45.9. The number of fused-ring (bicyclic) bond motifs is 11. The van der Waals surface area contributed by atoms with E-state index in [1.165, 1.54) is 39.7 Å². The molecule has 50 heavy (non-hydrogen) atoms. The lowest BCUT2D eigenvalue weighted by Crippen LogP contribution is -2.39. The SMILES string of the molecule is CN1c2ccccc2N(c2ccc3oc4c5c(ccc4c3c2)C2CC(N3c4ccccc4N(C)c4ccccc43)C=CC2O5)c2ccccc21. The molecule has 3 aliphatic heterocycles. The molecule has 3 unspecified atom stereocenters. The fourth-order valence-corrected chi connectivity index (χ4v) is 8.90. The van der Waals surface area contributed by atoms with Crippen LogP contribution in [0.2, 0.25) is 0 Å². The van der Waals surface area contributed by atoms with Crippen molar-refractivity contribution in [2.75, 3.05) is 33.7 Å². The number of anilines is 9. The molecule has 0 bridgehead atoms. The summed E-state index contributed by atoms with van der Waals surface area (Å²) in [5.41, 5.74) is 13.6. The maximum atomic E-state index is 6.77. The molecule has 1 aromatic heterocycles. The Labute approximate surface area is 290 Å². The second kappa shape index (κ2) is 10.2. The van der Waals surface area contributed by atoms with E-state index in [1.807, 2.05) is 0 Å². The van der Waals surface area contributed by atoms with Gasteiger partial charge in [-0.3, -0.25) is 0 Å². The highest BCUT2D eigenvalue weighted by molar-refractivity contribution is 6.10. The van der Waals surface area contributed by atoms with Gasteiger partial charge in [-0.25, -0.2) is 0 Å². The average Bonchev–Trinajstić information content (AvgIpc) is 3.73. The molecule has 0 saturated heterocycles. The molecule has 242 valence electrons. The molecule has 6 aromatic carbocycles. The molecule has 4 aliphatic rings. The summed E-state index contributed by atoms with van der Waals surface area (Å²) < 4.78 is 13.4. The van der Waals surface area contributed by atoms with Gasteiger partial charge < -0.3 is 28.8 Å². The lowest BCUT2D eigenvalue weighted by Gasteiger charge is -2.43. The van der Waals surface area contributed by atoms with Gasteiger partial charge in [-0.05, 0) is 85.3 Å². The molecule has 3 atom stereocenters. The lowest BCUT2D eigenvalue weighted by molar-refractivity contribution is 0.240. The number of hydrogen-bond acceptors (Lipinski definition) is 6. The van der Waals surface area contributed by atoms with E-state index in [4.69, 9.17) is 9.15 Å². The average molecular weight is 651 g/mol. The minimum absolute atomic E-state index is 0.0214. The van der Waals surface area contributed by atoms with Crippen LogP contribution in [-0.2, 0) is 0 Å². The van der Waals surface area contributed by atoms with Gasteiger partial charge in [0, 0.05) is 42.0 Å². The number of rotatable bonds is 2. The molecule has 6 heteroatoms. The van der Waals surface area contributed by atoms with Crippen molar-refractivity contribution in [3.63, 3.8) is 0 Å². The summed E-state index contributed by atoms with van der Waals surface area (Å²) >= 11 is 0. The third kappa shape index (κ3) is 3.73. The van der Waals surface area contributed by atoms with Crippen LogP contribution >= 0.6 is 0 Å². The fourth-order valence-electron chi connectivity index (χ4n) is 8.90. The zero-order valence-electron chi connectivity index (χ0n) is 27.8. The second-order valence-electron chi connectivity index (χ2n) is 13.8. The number of benzene rings is 6. The van der Waals surface area contributed by atoms with E-state index in [9.17, 15) is 0 Å². The Hall–Kier alpha value is -6.14. The van der Waals surface area contributed by atoms with Crippen molar-refractivity contribution in [3.05, 3.63) is 145 Å². The Kier molecular flexibility index (Phi) is 5.66. The van der Waals surface area contributed by atoms with Gasteiger partial charge in [-0.2, -0.15) is 0 Å². The highest BCUT2D eigenvalue weighted by Gasteiger charge is 2.42. The van der Waals surface area contributed by atoms with Gasteiger partial charge in [-0.15, -0.1) is 0 Å². The Morgan fingerprint density at radius 2 is 1.12 bits per heavy atom. The maximum absolute atomic E-state index is 6.77. The van der Waals surface area contributed by atoms with Crippen LogP contribution in [0.25, 0.3) is 21.9 Å². The van der Waals surface area contributed by atoms with E-state index in [0.717, 1.165) is 51.2 Å². The molecule has 0 amide bonds. The highest BCUT2D eigenvalue weighted by Crippen LogP contribution is 2.55. The van der Waals surface area contributed by atoms with Gasteiger partial charge in [-0.1, -0.05) is 60.7 Å². The molecule has 0 spiro atoms. The van der Waals surface area contributed by atoms with Crippen LogP contribution in [0, 0.1) is 0 Å². The van der Waals surface area contributed by atoms with Crippen LogP contribution in [0.1, 0.15) is 17.9 Å². The van der Waals surface area contributed by atoms with Gasteiger partial charge in [0.1, 0.15) is 11.7 Å². The quantitative estimate of drug-likeness (QED) is 0.173. The molecule has 0 fully saturated rings. The zero-order valence-corrected chi connectivity index (χ0v) is 27.8. The molecular formula is C44H34N4O2. The van der Waals surface area contributed by atoms with E-state index in [2.05, 4.69) is 173 Å². The third-order valence-electron chi connectivity index (χ3n) is 11.2.